The molecule has 1 aromatic carbocycles. The molecule has 3 nitrogen and oxygen atoms in total. The van der Waals surface area contributed by atoms with E-state index in [1.165, 1.54) is 0 Å². The second kappa shape index (κ2) is 5.95. The summed E-state index contributed by atoms with van der Waals surface area (Å²) < 4.78 is 39.4. The van der Waals surface area contributed by atoms with E-state index in [4.69, 9.17) is 11.6 Å². The van der Waals surface area contributed by atoms with Crippen molar-refractivity contribution >= 4 is 17.7 Å². The Bertz CT molecular complexity index is 423. The number of alkyl carbamates (subject to hydrolysis) is 1. The van der Waals surface area contributed by atoms with Crippen LogP contribution in [0.1, 0.15) is 18.5 Å². The van der Waals surface area contributed by atoms with Crippen LogP contribution < -0.4 is 5.32 Å². The van der Waals surface area contributed by atoms with Gasteiger partial charge in [-0.1, -0.05) is 23.7 Å². The molecular formula is C11H11ClF3NO2. The second-order valence-corrected chi connectivity index (χ2v) is 4.05. The molecule has 0 heterocycles. The summed E-state index contributed by atoms with van der Waals surface area (Å²) in [6.07, 6.45) is -5.66. The van der Waals surface area contributed by atoms with Gasteiger partial charge in [0.2, 0.25) is 0 Å². The molecule has 1 rings (SSSR count). The summed E-state index contributed by atoms with van der Waals surface area (Å²) in [5, 5.41) is 2.75. The quantitative estimate of drug-likeness (QED) is 0.917. The highest BCUT2D eigenvalue weighted by atomic mass is 35.5. The molecule has 0 saturated carbocycles. The SMILES string of the molecule is CC(NC(=O)OCC(F)(F)F)c1cccc(Cl)c1. The van der Waals surface area contributed by atoms with Crippen LogP contribution in [0.3, 0.4) is 0 Å². The van der Waals surface area contributed by atoms with E-state index in [1.54, 1.807) is 31.2 Å². The minimum Gasteiger partial charge on any atom is -0.440 e. The Labute approximate surface area is 107 Å². The molecule has 0 aliphatic rings. The van der Waals surface area contributed by atoms with Gasteiger partial charge in [0.05, 0.1) is 6.04 Å². The zero-order valence-corrected chi connectivity index (χ0v) is 10.2. The Kier molecular flexibility index (Phi) is 4.84. The fraction of sp³-hybridized carbons (Fsp3) is 0.364. The molecule has 0 saturated heterocycles. The zero-order valence-electron chi connectivity index (χ0n) is 9.42. The summed E-state index contributed by atoms with van der Waals surface area (Å²) in [6.45, 7) is 0.00160. The van der Waals surface area contributed by atoms with Crippen molar-refractivity contribution in [1.29, 1.82) is 0 Å². The first-order valence-corrected chi connectivity index (χ1v) is 5.41. The minimum atomic E-state index is -4.53. The standard InChI is InChI=1S/C11H11ClF3NO2/c1-7(8-3-2-4-9(12)5-8)16-10(17)18-6-11(13,14)15/h2-5,7H,6H2,1H3,(H,16,17). The Morgan fingerprint density at radius 3 is 2.72 bits per heavy atom. The van der Waals surface area contributed by atoms with Gasteiger partial charge in [-0.25, -0.2) is 4.79 Å². The molecule has 0 aliphatic heterocycles. The molecule has 7 heteroatoms. The van der Waals surface area contributed by atoms with Crippen LogP contribution in [0.4, 0.5) is 18.0 Å². The molecular weight excluding hydrogens is 271 g/mol. The lowest BCUT2D eigenvalue weighted by molar-refractivity contribution is -0.160. The van der Waals surface area contributed by atoms with Crippen LogP contribution in [0.2, 0.25) is 5.02 Å². The number of nitrogens with one attached hydrogen (secondary N) is 1. The van der Waals surface area contributed by atoms with E-state index in [1.807, 2.05) is 0 Å². The van der Waals surface area contributed by atoms with Crippen molar-refractivity contribution in [2.24, 2.45) is 0 Å². The van der Waals surface area contributed by atoms with Gasteiger partial charge in [-0.05, 0) is 24.6 Å². The fourth-order valence-corrected chi connectivity index (χ4v) is 1.42. The first kappa shape index (κ1) is 14.6. The van der Waals surface area contributed by atoms with E-state index in [0.29, 0.717) is 10.6 Å². The maximum absolute atomic E-state index is 11.8. The molecule has 100 valence electrons. The zero-order chi connectivity index (χ0) is 13.8. The molecule has 0 fully saturated rings. The van der Waals surface area contributed by atoms with Gasteiger partial charge in [0.25, 0.3) is 0 Å². The summed E-state index contributed by atoms with van der Waals surface area (Å²) in [5.41, 5.74) is 0.673. The highest BCUT2D eigenvalue weighted by Gasteiger charge is 2.29. The van der Waals surface area contributed by atoms with Crippen LogP contribution in [-0.2, 0) is 4.74 Å². The average Bonchev–Trinajstić information content (AvgIpc) is 2.25. The fourth-order valence-electron chi connectivity index (χ4n) is 1.23. The van der Waals surface area contributed by atoms with Crippen LogP contribution in [0.25, 0.3) is 0 Å². The molecule has 0 radical (unpaired) electrons. The van der Waals surface area contributed by atoms with Crippen molar-refractivity contribution < 1.29 is 22.7 Å². The summed E-state index contributed by atoms with van der Waals surface area (Å²) >= 11 is 5.75. The minimum absolute atomic E-state index is 0.477. The topological polar surface area (TPSA) is 38.3 Å². The van der Waals surface area contributed by atoms with E-state index in [0.717, 1.165) is 0 Å². The number of ether oxygens (including phenoxy) is 1. The Morgan fingerprint density at radius 2 is 2.17 bits per heavy atom. The summed E-state index contributed by atoms with van der Waals surface area (Å²) in [7, 11) is 0. The van der Waals surface area contributed by atoms with Gasteiger partial charge in [0.15, 0.2) is 6.61 Å². The van der Waals surface area contributed by atoms with Gasteiger partial charge in [-0.15, -0.1) is 0 Å². The van der Waals surface area contributed by atoms with E-state index in [-0.39, 0.29) is 0 Å². The largest absolute Gasteiger partial charge is 0.440 e. The summed E-state index contributed by atoms with van der Waals surface area (Å²) in [5.74, 6) is 0. The lowest BCUT2D eigenvalue weighted by Crippen LogP contribution is -2.30. The average molecular weight is 282 g/mol. The molecule has 18 heavy (non-hydrogen) atoms. The third kappa shape index (κ3) is 5.27. The first-order valence-electron chi connectivity index (χ1n) is 5.03. The Balaban J connectivity index is 2.50. The van der Waals surface area contributed by atoms with E-state index in [2.05, 4.69) is 10.1 Å². The van der Waals surface area contributed by atoms with E-state index in [9.17, 15) is 18.0 Å². The van der Waals surface area contributed by atoms with Gasteiger partial charge < -0.3 is 10.1 Å². The molecule has 1 unspecified atom stereocenters. The normalized spacial score (nSPS) is 12.9. The van der Waals surface area contributed by atoms with Crippen molar-refractivity contribution in [3.8, 4) is 0 Å². The number of alkyl halides is 3. The third-order valence-corrected chi connectivity index (χ3v) is 2.29. The predicted octanol–water partition coefficient (Wildman–Crippen LogP) is 3.69. The highest BCUT2D eigenvalue weighted by Crippen LogP contribution is 2.18. The summed E-state index contributed by atoms with van der Waals surface area (Å²) in [6, 6.07) is 6.14. The molecule has 1 atom stereocenters. The van der Waals surface area contributed by atoms with Gasteiger partial charge in [-0.3, -0.25) is 0 Å². The molecule has 0 aromatic heterocycles. The van der Waals surface area contributed by atoms with Crippen LogP contribution in [-0.4, -0.2) is 18.9 Å². The van der Waals surface area contributed by atoms with Gasteiger partial charge in [0, 0.05) is 5.02 Å². The number of hydrogen-bond donors (Lipinski definition) is 1. The molecule has 0 bridgehead atoms. The molecule has 1 amide bonds. The number of halogens is 4. The van der Waals surface area contributed by atoms with E-state index < -0.39 is 24.9 Å². The maximum Gasteiger partial charge on any atom is 0.422 e. The molecule has 1 N–H and O–H groups in total. The van der Waals surface area contributed by atoms with Crippen LogP contribution in [0, 0.1) is 0 Å². The maximum atomic E-state index is 11.8. The van der Waals surface area contributed by atoms with E-state index >= 15 is 0 Å². The predicted molar refractivity (Wildman–Crippen MR) is 60.4 cm³/mol. The van der Waals surface area contributed by atoms with Crippen molar-refractivity contribution in [2.45, 2.75) is 19.1 Å². The number of amides is 1. The lowest BCUT2D eigenvalue weighted by Gasteiger charge is -2.15. The van der Waals surface area contributed by atoms with Gasteiger partial charge >= 0.3 is 12.3 Å². The number of benzene rings is 1. The summed E-state index contributed by atoms with van der Waals surface area (Å²) in [4.78, 5) is 11.1. The van der Waals surface area contributed by atoms with Crippen molar-refractivity contribution in [2.75, 3.05) is 6.61 Å². The Hall–Kier alpha value is -1.43. The van der Waals surface area contributed by atoms with Gasteiger partial charge in [0.1, 0.15) is 0 Å². The number of carbonyl (C=O) groups is 1. The first-order chi connectivity index (χ1) is 8.28. The Morgan fingerprint density at radius 1 is 1.50 bits per heavy atom. The van der Waals surface area contributed by atoms with Crippen molar-refractivity contribution in [3.05, 3.63) is 34.9 Å². The highest BCUT2D eigenvalue weighted by molar-refractivity contribution is 6.30. The van der Waals surface area contributed by atoms with Crippen LogP contribution in [0.5, 0.6) is 0 Å². The molecule has 1 aromatic rings. The van der Waals surface area contributed by atoms with Crippen molar-refractivity contribution in [3.63, 3.8) is 0 Å². The van der Waals surface area contributed by atoms with Crippen LogP contribution in [0.15, 0.2) is 24.3 Å². The lowest BCUT2D eigenvalue weighted by atomic mass is 10.1. The van der Waals surface area contributed by atoms with Crippen LogP contribution >= 0.6 is 11.6 Å². The molecule has 0 aliphatic carbocycles. The smallest absolute Gasteiger partial charge is 0.422 e. The monoisotopic (exact) mass is 281 g/mol. The second-order valence-electron chi connectivity index (χ2n) is 3.61. The van der Waals surface area contributed by atoms with Gasteiger partial charge in [-0.2, -0.15) is 13.2 Å². The number of rotatable bonds is 3. The number of carbonyl (C=O) groups excluding carboxylic acids is 1. The third-order valence-electron chi connectivity index (χ3n) is 2.05. The number of hydrogen-bond acceptors (Lipinski definition) is 2. The van der Waals surface area contributed by atoms with Crippen molar-refractivity contribution in [1.82, 2.24) is 5.32 Å². The molecule has 0 spiro atoms.